The van der Waals surface area contributed by atoms with E-state index in [0.717, 1.165) is 0 Å². The molecule has 13 heavy (non-hydrogen) atoms. The van der Waals surface area contributed by atoms with Crippen LogP contribution in [0.2, 0.25) is 0 Å². The summed E-state index contributed by atoms with van der Waals surface area (Å²) in [5, 5.41) is 10.0. The molecule has 1 aromatic carbocycles. The summed E-state index contributed by atoms with van der Waals surface area (Å²) < 4.78 is 0. The molecule has 0 unspecified atom stereocenters. The van der Waals surface area contributed by atoms with Gasteiger partial charge in [0.25, 0.3) is 0 Å². The first-order valence-electron chi connectivity index (χ1n) is 3.48. The van der Waals surface area contributed by atoms with E-state index in [2.05, 4.69) is 0 Å². The van der Waals surface area contributed by atoms with Gasteiger partial charge in [0.15, 0.2) is 5.78 Å². The van der Waals surface area contributed by atoms with Crippen LogP contribution in [0.4, 0.5) is 0 Å². The molecule has 0 radical (unpaired) electrons. The zero-order valence-corrected chi connectivity index (χ0v) is 7.32. The molecule has 0 amide bonds. The third-order valence-electron chi connectivity index (χ3n) is 1.44. The van der Waals surface area contributed by atoms with Gasteiger partial charge in [0.05, 0.1) is 0 Å². The van der Waals surface area contributed by atoms with E-state index in [1.807, 2.05) is 0 Å². The van der Waals surface area contributed by atoms with Gasteiger partial charge in [-0.25, -0.2) is 0 Å². The number of hydrogen-bond acceptors (Lipinski definition) is 3. The van der Waals surface area contributed by atoms with Crippen LogP contribution in [0.15, 0.2) is 30.3 Å². The van der Waals surface area contributed by atoms with Crippen LogP contribution in [0.1, 0.15) is 5.56 Å². The topological polar surface area (TPSA) is 57.2 Å². The predicted octanol–water partition coefficient (Wildman–Crippen LogP) is -3.45. The van der Waals surface area contributed by atoms with Gasteiger partial charge in [-0.1, -0.05) is 30.3 Å². The number of Topliss-reactive ketones (excluding diaryl/α,β-unsaturated/α-hetero) is 1. The van der Waals surface area contributed by atoms with Crippen LogP contribution >= 0.6 is 0 Å². The Hall–Kier alpha value is -1.04. The van der Waals surface area contributed by atoms with Gasteiger partial charge in [-0.15, -0.1) is 0 Å². The van der Waals surface area contributed by atoms with Crippen LogP contribution in [-0.2, 0) is 16.0 Å². The predicted molar refractivity (Wildman–Crippen MR) is 40.2 cm³/mol. The minimum Gasteiger partial charge on any atom is -0.542 e. The van der Waals surface area contributed by atoms with E-state index in [1.54, 1.807) is 30.3 Å². The van der Waals surface area contributed by atoms with Crippen LogP contribution in [0.5, 0.6) is 0 Å². The van der Waals surface area contributed by atoms with Gasteiger partial charge in [0.2, 0.25) is 0 Å². The largest absolute Gasteiger partial charge is 1.00 e. The van der Waals surface area contributed by atoms with Crippen molar-refractivity contribution in [1.82, 2.24) is 0 Å². The van der Waals surface area contributed by atoms with Gasteiger partial charge in [-0.05, 0) is 5.56 Å². The van der Waals surface area contributed by atoms with Crippen molar-refractivity contribution in [2.75, 3.05) is 0 Å². The number of carbonyl (C=O) groups is 2. The third kappa shape index (κ3) is 3.93. The quantitative estimate of drug-likeness (QED) is 0.350. The molecule has 0 fully saturated rings. The standard InChI is InChI=1S/C9H8O3.Li/c10-8(9(11)12)6-7-4-2-1-3-5-7;/h1-5H,6H2,(H,11,12);/q;+1/p-1. The molecule has 0 bridgehead atoms. The van der Waals surface area contributed by atoms with Crippen molar-refractivity contribution < 1.29 is 33.6 Å². The molecular weight excluding hydrogens is 163 g/mol. The minimum atomic E-state index is -1.63. The number of aliphatic carboxylic acids is 1. The zero-order valence-electron chi connectivity index (χ0n) is 7.32. The fourth-order valence-corrected chi connectivity index (χ4v) is 0.853. The Bertz CT molecular complexity index is 295. The Kier molecular flexibility index (Phi) is 5.13. The van der Waals surface area contributed by atoms with E-state index in [4.69, 9.17) is 0 Å². The molecule has 0 heterocycles. The summed E-state index contributed by atoms with van der Waals surface area (Å²) in [6.45, 7) is 0. The Morgan fingerprint density at radius 3 is 2.15 bits per heavy atom. The van der Waals surface area contributed by atoms with Crippen molar-refractivity contribution in [3.63, 3.8) is 0 Å². The molecule has 0 aromatic heterocycles. The number of carboxylic acids is 1. The van der Waals surface area contributed by atoms with Gasteiger partial charge in [0, 0.05) is 6.42 Å². The molecule has 0 saturated heterocycles. The molecular formula is C9H7LiO3. The summed E-state index contributed by atoms with van der Waals surface area (Å²) in [4.78, 5) is 20.7. The number of carbonyl (C=O) groups excluding carboxylic acids is 2. The maximum absolute atomic E-state index is 10.7. The molecule has 0 aliphatic carbocycles. The zero-order chi connectivity index (χ0) is 8.97. The third-order valence-corrected chi connectivity index (χ3v) is 1.44. The number of benzene rings is 1. The summed E-state index contributed by atoms with van der Waals surface area (Å²) in [5.74, 6) is -2.51. The molecule has 0 aliphatic rings. The summed E-state index contributed by atoms with van der Waals surface area (Å²) in [6, 6.07) is 8.68. The average Bonchev–Trinajstić information content (AvgIpc) is 2.06. The van der Waals surface area contributed by atoms with Gasteiger partial charge in [-0.2, -0.15) is 0 Å². The van der Waals surface area contributed by atoms with Crippen LogP contribution in [0, 0.1) is 0 Å². The molecule has 4 heteroatoms. The SMILES string of the molecule is O=C([O-])C(=O)Cc1ccccc1.[Li+]. The Morgan fingerprint density at radius 2 is 1.69 bits per heavy atom. The van der Waals surface area contributed by atoms with E-state index in [-0.39, 0.29) is 25.3 Å². The molecule has 0 atom stereocenters. The van der Waals surface area contributed by atoms with Crippen molar-refractivity contribution in [3.05, 3.63) is 35.9 Å². The van der Waals surface area contributed by atoms with Crippen LogP contribution in [-0.4, -0.2) is 11.8 Å². The normalized spacial score (nSPS) is 8.62. The molecule has 62 valence electrons. The molecule has 0 spiro atoms. The van der Waals surface area contributed by atoms with Crippen molar-refractivity contribution in [2.45, 2.75) is 6.42 Å². The van der Waals surface area contributed by atoms with Crippen molar-refractivity contribution in [3.8, 4) is 0 Å². The van der Waals surface area contributed by atoms with Gasteiger partial charge in [-0.3, -0.25) is 4.79 Å². The van der Waals surface area contributed by atoms with E-state index in [0.29, 0.717) is 5.56 Å². The number of hydrogen-bond donors (Lipinski definition) is 0. The molecule has 0 saturated carbocycles. The van der Waals surface area contributed by atoms with Gasteiger partial charge >= 0.3 is 18.9 Å². The minimum absolute atomic E-state index is 0. The number of carboxylic acid groups (broad SMARTS) is 1. The van der Waals surface area contributed by atoms with Crippen LogP contribution in [0.3, 0.4) is 0 Å². The molecule has 0 N–H and O–H groups in total. The van der Waals surface area contributed by atoms with Crippen molar-refractivity contribution in [2.24, 2.45) is 0 Å². The first kappa shape index (κ1) is 12.0. The monoisotopic (exact) mass is 170 g/mol. The molecule has 3 nitrogen and oxygen atoms in total. The Morgan fingerprint density at radius 1 is 1.15 bits per heavy atom. The average molecular weight is 170 g/mol. The second kappa shape index (κ2) is 5.58. The smallest absolute Gasteiger partial charge is 0.542 e. The fourth-order valence-electron chi connectivity index (χ4n) is 0.853. The summed E-state index contributed by atoms with van der Waals surface area (Å²) in [7, 11) is 0. The van der Waals surface area contributed by atoms with E-state index < -0.39 is 11.8 Å². The van der Waals surface area contributed by atoms with Crippen molar-refractivity contribution >= 4 is 11.8 Å². The number of rotatable bonds is 3. The van der Waals surface area contributed by atoms with Gasteiger partial charge in [0.1, 0.15) is 5.97 Å². The molecule has 0 aliphatic heterocycles. The van der Waals surface area contributed by atoms with E-state index in [1.165, 1.54) is 0 Å². The van der Waals surface area contributed by atoms with E-state index >= 15 is 0 Å². The second-order valence-electron chi connectivity index (χ2n) is 2.37. The molecule has 1 rings (SSSR count). The summed E-state index contributed by atoms with van der Waals surface area (Å²) in [6.07, 6.45) is -0.0941. The fraction of sp³-hybridized carbons (Fsp3) is 0.111. The van der Waals surface area contributed by atoms with Crippen molar-refractivity contribution in [1.29, 1.82) is 0 Å². The Balaban J connectivity index is 0.00000144. The first-order chi connectivity index (χ1) is 5.70. The second-order valence-corrected chi connectivity index (χ2v) is 2.37. The van der Waals surface area contributed by atoms with E-state index in [9.17, 15) is 14.7 Å². The number of ketones is 1. The first-order valence-corrected chi connectivity index (χ1v) is 3.48. The maximum Gasteiger partial charge on any atom is 1.00 e. The summed E-state index contributed by atoms with van der Waals surface area (Å²) >= 11 is 0. The van der Waals surface area contributed by atoms with Crippen LogP contribution < -0.4 is 24.0 Å². The maximum atomic E-state index is 10.7. The van der Waals surface area contributed by atoms with Gasteiger partial charge < -0.3 is 9.90 Å². The van der Waals surface area contributed by atoms with Crippen LogP contribution in [0.25, 0.3) is 0 Å². The summed E-state index contributed by atoms with van der Waals surface area (Å²) in [5.41, 5.74) is 0.687. The molecule has 1 aromatic rings. The Labute approximate surface area is 87.9 Å².